The minimum atomic E-state index is 0.280. The summed E-state index contributed by atoms with van der Waals surface area (Å²) in [6.07, 6.45) is 11.1. The van der Waals surface area contributed by atoms with Crippen LogP contribution in [0.5, 0.6) is 0 Å². The fourth-order valence-electron chi connectivity index (χ4n) is 3.41. The van der Waals surface area contributed by atoms with E-state index in [1.807, 2.05) is 11.3 Å². The van der Waals surface area contributed by atoms with Crippen LogP contribution in [0.4, 0.5) is 0 Å². The van der Waals surface area contributed by atoms with E-state index in [2.05, 4.69) is 11.1 Å². The molecule has 0 saturated carbocycles. The molecule has 1 fully saturated rings. The summed E-state index contributed by atoms with van der Waals surface area (Å²) in [5.41, 5.74) is 1.60. The number of hydrogen-bond acceptors (Lipinski definition) is 4. The summed E-state index contributed by atoms with van der Waals surface area (Å²) >= 11 is 7.38. The van der Waals surface area contributed by atoms with E-state index < -0.39 is 0 Å². The van der Waals surface area contributed by atoms with Crippen molar-refractivity contribution < 1.29 is 0 Å². The van der Waals surface area contributed by atoms with Gasteiger partial charge in [0, 0.05) is 29.3 Å². The van der Waals surface area contributed by atoms with Crippen molar-refractivity contribution in [3.8, 4) is 0 Å². The highest BCUT2D eigenvalue weighted by molar-refractivity contribution is 7.80. The third kappa shape index (κ3) is 2.05. The quantitative estimate of drug-likeness (QED) is 0.681. The van der Waals surface area contributed by atoms with Crippen LogP contribution in [0, 0.1) is 0 Å². The summed E-state index contributed by atoms with van der Waals surface area (Å²) in [6, 6.07) is 0. The van der Waals surface area contributed by atoms with Crippen LogP contribution < -0.4 is 9.89 Å². The standard InChI is InChI=1S/C15H18N2S2/c18-10-4-3-7-17-9-12-11-5-1-2-6-13(11)19-15(12)16-14(17)8-10/h9,14H,1-8H2. The van der Waals surface area contributed by atoms with E-state index in [1.165, 1.54) is 46.9 Å². The van der Waals surface area contributed by atoms with E-state index in [0.29, 0.717) is 0 Å². The number of nitrogens with zero attached hydrogens (tertiary/aromatic N) is 2. The van der Waals surface area contributed by atoms with Crippen LogP contribution in [0.2, 0.25) is 0 Å². The number of aryl methyl sites for hydroxylation is 1. The molecule has 0 bridgehead atoms. The second-order valence-electron chi connectivity index (χ2n) is 5.75. The Morgan fingerprint density at radius 2 is 2.11 bits per heavy atom. The van der Waals surface area contributed by atoms with Crippen molar-refractivity contribution in [2.45, 2.75) is 51.1 Å². The van der Waals surface area contributed by atoms with Crippen LogP contribution in [-0.4, -0.2) is 22.5 Å². The second kappa shape index (κ2) is 4.67. The molecule has 0 N–H and O–H groups in total. The molecule has 1 aliphatic carbocycles. The molecule has 0 radical (unpaired) electrons. The number of fused-ring (bicyclic) bond motifs is 4. The SMILES string of the molecule is S=C1CCCN2C=c3c4c(sc3=NC2C1)CCCC4. The Morgan fingerprint density at radius 3 is 3.05 bits per heavy atom. The Morgan fingerprint density at radius 1 is 1.21 bits per heavy atom. The van der Waals surface area contributed by atoms with Crippen LogP contribution in [0.25, 0.3) is 6.20 Å². The summed E-state index contributed by atoms with van der Waals surface area (Å²) in [5, 5.41) is 1.43. The summed E-state index contributed by atoms with van der Waals surface area (Å²) in [6.45, 7) is 1.11. The highest BCUT2D eigenvalue weighted by Crippen LogP contribution is 2.23. The van der Waals surface area contributed by atoms with E-state index in [9.17, 15) is 0 Å². The molecule has 2 aliphatic heterocycles. The molecular weight excluding hydrogens is 272 g/mol. The fourth-order valence-corrected chi connectivity index (χ4v) is 4.98. The van der Waals surface area contributed by atoms with Crippen molar-refractivity contribution in [2.24, 2.45) is 4.99 Å². The minimum absolute atomic E-state index is 0.280. The molecular formula is C15H18N2S2. The molecule has 1 aromatic heterocycles. The van der Waals surface area contributed by atoms with Crippen molar-refractivity contribution in [1.29, 1.82) is 0 Å². The number of rotatable bonds is 0. The van der Waals surface area contributed by atoms with Crippen molar-refractivity contribution in [2.75, 3.05) is 6.54 Å². The Labute approximate surface area is 122 Å². The summed E-state index contributed by atoms with van der Waals surface area (Å²) < 4.78 is 1.28. The Kier molecular flexibility index (Phi) is 2.96. The van der Waals surface area contributed by atoms with E-state index in [4.69, 9.17) is 17.2 Å². The largest absolute Gasteiger partial charge is 0.355 e. The van der Waals surface area contributed by atoms with Crippen LogP contribution in [0.3, 0.4) is 0 Å². The van der Waals surface area contributed by atoms with Gasteiger partial charge in [-0.3, -0.25) is 0 Å². The van der Waals surface area contributed by atoms with Crippen LogP contribution in [0.1, 0.15) is 42.5 Å². The van der Waals surface area contributed by atoms with Crippen molar-refractivity contribution in [3.63, 3.8) is 0 Å². The predicted molar refractivity (Wildman–Crippen MR) is 83.2 cm³/mol. The molecule has 1 aromatic rings. The molecule has 0 aromatic carbocycles. The van der Waals surface area contributed by atoms with Gasteiger partial charge in [-0.05, 0) is 49.0 Å². The molecule has 2 nitrogen and oxygen atoms in total. The predicted octanol–water partition coefficient (Wildman–Crippen LogP) is 2.18. The molecule has 0 amide bonds. The first-order chi connectivity index (χ1) is 9.31. The number of thiocarbonyl (C=S) groups is 1. The maximum Gasteiger partial charge on any atom is 0.126 e. The third-order valence-corrected chi connectivity index (χ3v) is 6.01. The zero-order valence-corrected chi connectivity index (χ0v) is 12.7. The van der Waals surface area contributed by atoms with Crippen molar-refractivity contribution >= 4 is 34.6 Å². The summed E-state index contributed by atoms with van der Waals surface area (Å²) in [4.78, 5) is 10.2. The molecule has 100 valence electrons. The van der Waals surface area contributed by atoms with Gasteiger partial charge in [-0.2, -0.15) is 0 Å². The molecule has 4 heteroatoms. The highest BCUT2D eigenvalue weighted by Gasteiger charge is 2.25. The Balaban J connectivity index is 1.84. The molecule has 1 unspecified atom stereocenters. The maximum atomic E-state index is 5.45. The first-order valence-electron chi connectivity index (χ1n) is 7.29. The topological polar surface area (TPSA) is 15.6 Å². The fraction of sp³-hybridized carbons (Fsp3) is 0.600. The monoisotopic (exact) mass is 290 g/mol. The van der Waals surface area contributed by atoms with Gasteiger partial charge in [0.1, 0.15) is 10.8 Å². The van der Waals surface area contributed by atoms with Gasteiger partial charge in [0.15, 0.2) is 0 Å². The van der Waals surface area contributed by atoms with Gasteiger partial charge in [0.2, 0.25) is 0 Å². The third-order valence-electron chi connectivity index (χ3n) is 4.42. The van der Waals surface area contributed by atoms with E-state index in [-0.39, 0.29) is 6.17 Å². The highest BCUT2D eigenvalue weighted by atomic mass is 32.1. The molecule has 1 saturated heterocycles. The number of thiophene rings is 1. The summed E-state index contributed by atoms with van der Waals surface area (Å²) in [7, 11) is 0. The molecule has 1 atom stereocenters. The van der Waals surface area contributed by atoms with Crippen molar-refractivity contribution in [3.05, 3.63) is 20.3 Å². The van der Waals surface area contributed by atoms with Crippen LogP contribution >= 0.6 is 23.6 Å². The van der Waals surface area contributed by atoms with Gasteiger partial charge in [-0.1, -0.05) is 12.2 Å². The van der Waals surface area contributed by atoms with E-state index >= 15 is 0 Å². The maximum absolute atomic E-state index is 5.45. The lowest BCUT2D eigenvalue weighted by molar-refractivity contribution is 0.317. The number of hydrogen-bond donors (Lipinski definition) is 0. The molecule has 0 spiro atoms. The zero-order valence-electron chi connectivity index (χ0n) is 11.0. The molecule has 3 heterocycles. The van der Waals surface area contributed by atoms with Gasteiger partial charge in [-0.25, -0.2) is 4.99 Å². The Hall–Kier alpha value is -0.740. The van der Waals surface area contributed by atoms with Gasteiger partial charge >= 0.3 is 0 Å². The van der Waals surface area contributed by atoms with Crippen LogP contribution in [0.15, 0.2) is 4.99 Å². The van der Waals surface area contributed by atoms with Crippen LogP contribution in [-0.2, 0) is 12.8 Å². The van der Waals surface area contributed by atoms with Gasteiger partial charge in [0.05, 0.1) is 0 Å². The molecule has 19 heavy (non-hydrogen) atoms. The smallest absolute Gasteiger partial charge is 0.126 e. The normalized spacial score (nSPS) is 25.6. The average molecular weight is 290 g/mol. The van der Waals surface area contributed by atoms with E-state index in [1.54, 1.807) is 10.4 Å². The molecule has 3 aliphatic rings. The van der Waals surface area contributed by atoms with Crippen molar-refractivity contribution in [1.82, 2.24) is 4.90 Å². The first-order valence-corrected chi connectivity index (χ1v) is 8.51. The van der Waals surface area contributed by atoms with Gasteiger partial charge < -0.3 is 4.90 Å². The van der Waals surface area contributed by atoms with E-state index in [0.717, 1.165) is 19.4 Å². The van der Waals surface area contributed by atoms with Gasteiger partial charge in [-0.15, -0.1) is 11.3 Å². The molecule has 4 rings (SSSR count). The van der Waals surface area contributed by atoms with Gasteiger partial charge in [0.25, 0.3) is 0 Å². The second-order valence-corrected chi connectivity index (χ2v) is 7.41. The summed E-state index contributed by atoms with van der Waals surface area (Å²) in [5.74, 6) is 0. The average Bonchev–Trinajstić information content (AvgIpc) is 2.65. The lowest BCUT2D eigenvalue weighted by Gasteiger charge is -2.27. The zero-order chi connectivity index (χ0) is 12.8. The minimum Gasteiger partial charge on any atom is -0.355 e. The lowest BCUT2D eigenvalue weighted by atomic mass is 9.98. The Bertz CT molecular complexity index is 644. The lowest BCUT2D eigenvalue weighted by Crippen LogP contribution is -2.41. The first kappa shape index (κ1) is 12.0.